The molecule has 8 heteroatoms. The Morgan fingerprint density at radius 1 is 0.875 bits per heavy atom. The molecule has 7 nitrogen and oxygen atoms in total. The van der Waals surface area contributed by atoms with Gasteiger partial charge in [0, 0.05) is 11.3 Å². The van der Waals surface area contributed by atoms with E-state index in [0.717, 1.165) is 16.7 Å². The number of carbonyl (C=O) groups excluding carboxylic acids is 2. The average molecular weight is 445 g/mol. The summed E-state index contributed by atoms with van der Waals surface area (Å²) in [5.41, 5.74) is 7.99. The summed E-state index contributed by atoms with van der Waals surface area (Å²) >= 11 is 1.23. The first-order valence-corrected chi connectivity index (χ1v) is 10.7. The number of aromatic nitrogens is 2. The van der Waals surface area contributed by atoms with Crippen molar-refractivity contribution in [1.82, 2.24) is 20.8 Å². The van der Waals surface area contributed by atoms with Crippen molar-refractivity contribution in [2.45, 2.75) is 13.8 Å². The van der Waals surface area contributed by atoms with Crippen molar-refractivity contribution < 1.29 is 9.59 Å². The SMILES string of the molecule is Cc1cccc(-c2ccc(C(=O)NNC(=O)c3sc(-c4ccccc4)nc3C)c(=O)[nH]2)c1. The highest BCUT2D eigenvalue weighted by Gasteiger charge is 2.18. The number of hydrogen-bond acceptors (Lipinski definition) is 5. The fraction of sp³-hybridized carbons (Fsp3) is 0.0833. The molecule has 4 aromatic rings. The summed E-state index contributed by atoms with van der Waals surface area (Å²) < 4.78 is 0. The maximum atomic E-state index is 12.6. The van der Waals surface area contributed by atoms with Crippen LogP contribution in [0.3, 0.4) is 0 Å². The summed E-state index contributed by atoms with van der Waals surface area (Å²) in [5, 5.41) is 0.711. The lowest BCUT2D eigenvalue weighted by Crippen LogP contribution is -2.43. The topological polar surface area (TPSA) is 104 Å². The molecule has 2 heterocycles. The second kappa shape index (κ2) is 8.99. The number of aromatic amines is 1. The molecule has 160 valence electrons. The minimum absolute atomic E-state index is 0.104. The van der Waals surface area contributed by atoms with E-state index in [0.29, 0.717) is 21.3 Å². The third-order valence-electron chi connectivity index (χ3n) is 4.80. The van der Waals surface area contributed by atoms with Gasteiger partial charge in [-0.1, -0.05) is 54.1 Å². The quantitative estimate of drug-likeness (QED) is 0.416. The molecule has 0 aliphatic rings. The lowest BCUT2D eigenvalue weighted by molar-refractivity contribution is 0.0847. The van der Waals surface area contributed by atoms with Gasteiger partial charge in [0.1, 0.15) is 15.4 Å². The molecule has 0 fully saturated rings. The Morgan fingerprint density at radius 2 is 1.59 bits per heavy atom. The van der Waals surface area contributed by atoms with E-state index in [2.05, 4.69) is 20.8 Å². The number of carbonyl (C=O) groups is 2. The van der Waals surface area contributed by atoms with Crippen LogP contribution < -0.4 is 16.4 Å². The normalized spacial score (nSPS) is 10.6. The van der Waals surface area contributed by atoms with Crippen molar-refractivity contribution in [1.29, 1.82) is 0 Å². The molecule has 0 saturated heterocycles. The molecule has 2 aromatic carbocycles. The number of hydrogen-bond donors (Lipinski definition) is 3. The standard InChI is InChI=1S/C24H20N4O3S/c1-14-7-6-10-17(13-14)19-12-11-18(21(29)26-19)22(30)27-28-23(31)20-15(2)25-24(32-20)16-8-4-3-5-9-16/h3-13H,1-2H3,(H,26,29)(H,27,30)(H,28,31). The molecule has 32 heavy (non-hydrogen) atoms. The van der Waals surface area contributed by atoms with Crippen LogP contribution in [-0.2, 0) is 0 Å². The molecular weight excluding hydrogens is 424 g/mol. The highest BCUT2D eigenvalue weighted by Crippen LogP contribution is 2.27. The Bertz CT molecular complexity index is 1360. The van der Waals surface area contributed by atoms with Crippen molar-refractivity contribution in [3.8, 4) is 21.8 Å². The third kappa shape index (κ3) is 4.50. The Labute approximate surface area is 188 Å². The molecular formula is C24H20N4O3S. The summed E-state index contributed by atoms with van der Waals surface area (Å²) in [6.07, 6.45) is 0. The Morgan fingerprint density at radius 3 is 2.31 bits per heavy atom. The summed E-state index contributed by atoms with van der Waals surface area (Å²) in [7, 11) is 0. The Balaban J connectivity index is 1.45. The van der Waals surface area contributed by atoms with Crippen molar-refractivity contribution >= 4 is 23.2 Å². The van der Waals surface area contributed by atoms with E-state index in [9.17, 15) is 14.4 Å². The number of nitrogens with zero attached hydrogens (tertiary/aromatic N) is 1. The zero-order chi connectivity index (χ0) is 22.7. The van der Waals surface area contributed by atoms with Crippen LogP contribution in [0.4, 0.5) is 0 Å². The van der Waals surface area contributed by atoms with E-state index in [1.165, 1.54) is 17.4 Å². The van der Waals surface area contributed by atoms with Crippen molar-refractivity contribution in [3.63, 3.8) is 0 Å². The van der Waals surface area contributed by atoms with Crippen LogP contribution in [0.5, 0.6) is 0 Å². The summed E-state index contributed by atoms with van der Waals surface area (Å²) in [4.78, 5) is 45.0. The van der Waals surface area contributed by atoms with Crippen molar-refractivity contribution in [2.24, 2.45) is 0 Å². The molecule has 0 atom stereocenters. The van der Waals surface area contributed by atoms with Crippen LogP contribution in [0.1, 0.15) is 31.3 Å². The fourth-order valence-electron chi connectivity index (χ4n) is 3.18. The minimum atomic E-state index is -0.708. The number of thiazole rings is 1. The molecule has 0 radical (unpaired) electrons. The van der Waals surface area contributed by atoms with Gasteiger partial charge in [0.05, 0.1) is 5.69 Å². The van der Waals surface area contributed by atoms with Crippen LogP contribution in [0, 0.1) is 13.8 Å². The number of hydrazine groups is 1. The first kappa shape index (κ1) is 21.2. The van der Waals surface area contributed by atoms with Gasteiger partial charge in [0.2, 0.25) is 0 Å². The van der Waals surface area contributed by atoms with Crippen LogP contribution in [0.15, 0.2) is 71.5 Å². The van der Waals surface area contributed by atoms with Crippen molar-refractivity contribution in [2.75, 3.05) is 0 Å². The molecule has 0 bridgehead atoms. The Hall–Kier alpha value is -4.04. The highest BCUT2D eigenvalue weighted by molar-refractivity contribution is 7.17. The van der Waals surface area contributed by atoms with Gasteiger partial charge in [0.25, 0.3) is 17.4 Å². The number of aryl methyl sites for hydroxylation is 2. The molecule has 4 rings (SSSR count). The maximum absolute atomic E-state index is 12.6. The lowest BCUT2D eigenvalue weighted by atomic mass is 10.1. The Kier molecular flexibility index (Phi) is 5.96. The van der Waals surface area contributed by atoms with Gasteiger partial charge in [-0.15, -0.1) is 11.3 Å². The molecule has 0 aliphatic heterocycles. The number of benzene rings is 2. The number of nitrogens with one attached hydrogen (secondary N) is 3. The van der Waals surface area contributed by atoms with Gasteiger partial charge in [0.15, 0.2) is 0 Å². The number of amides is 2. The van der Waals surface area contributed by atoms with Gasteiger partial charge in [-0.3, -0.25) is 25.2 Å². The summed E-state index contributed by atoms with van der Waals surface area (Å²) in [5.74, 6) is -1.20. The van der Waals surface area contributed by atoms with Gasteiger partial charge in [-0.05, 0) is 37.6 Å². The van der Waals surface area contributed by atoms with E-state index in [1.807, 2.05) is 61.5 Å². The van der Waals surface area contributed by atoms with Crippen molar-refractivity contribution in [3.05, 3.63) is 98.8 Å². The number of rotatable bonds is 4. The molecule has 0 spiro atoms. The maximum Gasteiger partial charge on any atom is 0.281 e. The van der Waals surface area contributed by atoms with Gasteiger partial charge >= 0.3 is 0 Å². The second-order valence-electron chi connectivity index (χ2n) is 7.19. The molecule has 3 N–H and O–H groups in total. The lowest BCUT2D eigenvalue weighted by Gasteiger charge is -2.07. The first-order chi connectivity index (χ1) is 15.4. The van der Waals surface area contributed by atoms with Crippen LogP contribution in [0.2, 0.25) is 0 Å². The summed E-state index contributed by atoms with van der Waals surface area (Å²) in [6.45, 7) is 3.69. The molecule has 0 unspecified atom stereocenters. The largest absolute Gasteiger partial charge is 0.321 e. The first-order valence-electron chi connectivity index (χ1n) is 9.86. The smallest absolute Gasteiger partial charge is 0.281 e. The minimum Gasteiger partial charge on any atom is -0.321 e. The van der Waals surface area contributed by atoms with E-state index < -0.39 is 17.4 Å². The zero-order valence-electron chi connectivity index (χ0n) is 17.4. The molecule has 0 aliphatic carbocycles. The van der Waals surface area contributed by atoms with Gasteiger partial charge < -0.3 is 4.98 Å². The van der Waals surface area contributed by atoms with E-state index in [4.69, 9.17) is 0 Å². The molecule has 0 saturated carbocycles. The third-order valence-corrected chi connectivity index (χ3v) is 6.00. The fourth-order valence-corrected chi connectivity index (χ4v) is 4.15. The van der Waals surface area contributed by atoms with Crippen LogP contribution >= 0.6 is 11.3 Å². The predicted octanol–water partition coefficient (Wildman–Crippen LogP) is 3.86. The number of H-pyrrole nitrogens is 1. The number of pyridine rings is 1. The predicted molar refractivity (Wildman–Crippen MR) is 124 cm³/mol. The van der Waals surface area contributed by atoms with E-state index in [-0.39, 0.29) is 5.56 Å². The zero-order valence-corrected chi connectivity index (χ0v) is 18.2. The monoisotopic (exact) mass is 444 g/mol. The van der Waals surface area contributed by atoms with Gasteiger partial charge in [-0.2, -0.15) is 0 Å². The van der Waals surface area contributed by atoms with Gasteiger partial charge in [-0.25, -0.2) is 4.98 Å². The second-order valence-corrected chi connectivity index (χ2v) is 8.19. The molecule has 2 aromatic heterocycles. The van der Waals surface area contributed by atoms with Crippen LogP contribution in [-0.4, -0.2) is 21.8 Å². The highest BCUT2D eigenvalue weighted by atomic mass is 32.1. The van der Waals surface area contributed by atoms with E-state index >= 15 is 0 Å². The van der Waals surface area contributed by atoms with Crippen LogP contribution in [0.25, 0.3) is 21.8 Å². The molecule has 2 amide bonds. The average Bonchev–Trinajstić information content (AvgIpc) is 3.19. The van der Waals surface area contributed by atoms with E-state index in [1.54, 1.807) is 13.0 Å². The summed E-state index contributed by atoms with van der Waals surface area (Å²) in [6, 6.07) is 20.3.